The minimum atomic E-state index is -4.93. The van der Waals surface area contributed by atoms with Gasteiger partial charge in [-0.3, -0.25) is 0 Å². The lowest BCUT2D eigenvalue weighted by Gasteiger charge is -2.16. The summed E-state index contributed by atoms with van der Waals surface area (Å²) in [6, 6.07) is 0.190. The zero-order valence-electron chi connectivity index (χ0n) is 10.3. The molecule has 0 radical (unpaired) electrons. The van der Waals surface area contributed by atoms with Crippen molar-refractivity contribution in [3.63, 3.8) is 0 Å². The third-order valence-corrected chi connectivity index (χ3v) is 2.35. The Balaban J connectivity index is 3.55. The molecule has 9 heteroatoms. The van der Waals surface area contributed by atoms with E-state index in [2.05, 4.69) is 9.72 Å². The van der Waals surface area contributed by atoms with Gasteiger partial charge in [0.25, 0.3) is 6.43 Å². The number of alkyl halides is 5. The van der Waals surface area contributed by atoms with Crippen molar-refractivity contribution in [3.05, 3.63) is 28.6 Å². The van der Waals surface area contributed by atoms with Crippen molar-refractivity contribution in [2.45, 2.75) is 26.1 Å². The standard InChI is InChI=1S/C11H11F5N2O2/c1-2-20-10(19)8-5(4-17)6(11(14,15)16)3-7(18-8)9(12)13/h3,9H,2,4,17H2,1H3. The monoisotopic (exact) mass is 298 g/mol. The number of halogens is 5. The van der Waals surface area contributed by atoms with Crippen molar-refractivity contribution in [1.29, 1.82) is 0 Å². The Kier molecular flexibility index (Phi) is 4.98. The summed E-state index contributed by atoms with van der Waals surface area (Å²) >= 11 is 0. The highest BCUT2D eigenvalue weighted by molar-refractivity contribution is 5.89. The van der Waals surface area contributed by atoms with Crippen molar-refractivity contribution >= 4 is 5.97 Å². The zero-order valence-corrected chi connectivity index (χ0v) is 10.3. The number of hydrogen-bond acceptors (Lipinski definition) is 4. The molecule has 2 N–H and O–H groups in total. The van der Waals surface area contributed by atoms with Gasteiger partial charge >= 0.3 is 12.1 Å². The van der Waals surface area contributed by atoms with E-state index in [1.807, 2.05) is 0 Å². The van der Waals surface area contributed by atoms with E-state index in [4.69, 9.17) is 5.73 Å². The van der Waals surface area contributed by atoms with Gasteiger partial charge < -0.3 is 10.5 Å². The molecule has 0 saturated heterocycles. The Morgan fingerprint density at radius 3 is 2.45 bits per heavy atom. The molecule has 0 bridgehead atoms. The molecule has 0 unspecified atom stereocenters. The molecule has 0 saturated carbocycles. The lowest BCUT2D eigenvalue weighted by molar-refractivity contribution is -0.138. The van der Waals surface area contributed by atoms with Crippen LogP contribution in [0.2, 0.25) is 0 Å². The Morgan fingerprint density at radius 1 is 1.45 bits per heavy atom. The highest BCUT2D eigenvalue weighted by Gasteiger charge is 2.37. The average Bonchev–Trinajstić information content (AvgIpc) is 2.36. The van der Waals surface area contributed by atoms with E-state index in [1.165, 1.54) is 6.92 Å². The molecule has 112 valence electrons. The fraction of sp³-hybridized carbons (Fsp3) is 0.455. The van der Waals surface area contributed by atoms with Crippen LogP contribution in [0.15, 0.2) is 6.07 Å². The van der Waals surface area contributed by atoms with E-state index in [1.54, 1.807) is 0 Å². The fourth-order valence-corrected chi connectivity index (χ4v) is 1.53. The maximum atomic E-state index is 12.8. The lowest BCUT2D eigenvalue weighted by Crippen LogP contribution is -2.21. The van der Waals surface area contributed by atoms with E-state index in [-0.39, 0.29) is 12.7 Å². The summed E-state index contributed by atoms with van der Waals surface area (Å²) in [6.45, 7) is 0.603. The quantitative estimate of drug-likeness (QED) is 0.685. The molecule has 0 fully saturated rings. The number of aromatic nitrogens is 1. The second kappa shape index (κ2) is 6.12. The van der Waals surface area contributed by atoms with Gasteiger partial charge in [-0.15, -0.1) is 0 Å². The molecule has 0 aromatic carbocycles. The molecule has 0 spiro atoms. The molecule has 1 heterocycles. The summed E-state index contributed by atoms with van der Waals surface area (Å²) in [5, 5.41) is 0. The maximum absolute atomic E-state index is 12.8. The molecular weight excluding hydrogens is 287 g/mol. The topological polar surface area (TPSA) is 65.2 Å². The van der Waals surface area contributed by atoms with Crippen LogP contribution in [-0.2, 0) is 17.5 Å². The van der Waals surface area contributed by atoms with Crippen LogP contribution in [0.5, 0.6) is 0 Å². The Hall–Kier alpha value is -1.77. The SMILES string of the molecule is CCOC(=O)c1nc(C(F)F)cc(C(F)(F)F)c1CN. The maximum Gasteiger partial charge on any atom is 0.416 e. The van der Waals surface area contributed by atoms with Crippen molar-refractivity contribution in [1.82, 2.24) is 4.98 Å². The summed E-state index contributed by atoms with van der Waals surface area (Å²) in [5.74, 6) is -1.22. The van der Waals surface area contributed by atoms with Crippen LogP contribution in [-0.4, -0.2) is 17.6 Å². The van der Waals surface area contributed by atoms with Crippen molar-refractivity contribution in [2.75, 3.05) is 6.61 Å². The van der Waals surface area contributed by atoms with Crippen LogP contribution in [0.25, 0.3) is 0 Å². The van der Waals surface area contributed by atoms with E-state index in [0.717, 1.165) is 0 Å². The van der Waals surface area contributed by atoms with Gasteiger partial charge in [0.15, 0.2) is 5.69 Å². The summed E-state index contributed by atoms with van der Waals surface area (Å²) in [5.41, 5.74) is 1.11. The number of nitrogens with zero attached hydrogens (tertiary/aromatic N) is 1. The number of ether oxygens (including phenoxy) is 1. The fourth-order valence-electron chi connectivity index (χ4n) is 1.53. The largest absolute Gasteiger partial charge is 0.461 e. The molecule has 1 rings (SSSR count). The van der Waals surface area contributed by atoms with E-state index < -0.39 is 47.6 Å². The van der Waals surface area contributed by atoms with Crippen LogP contribution in [0.1, 0.15) is 40.7 Å². The smallest absolute Gasteiger partial charge is 0.416 e. The number of hydrogen-bond donors (Lipinski definition) is 1. The van der Waals surface area contributed by atoms with Crippen LogP contribution in [0, 0.1) is 0 Å². The minimum Gasteiger partial charge on any atom is -0.461 e. The van der Waals surface area contributed by atoms with Crippen LogP contribution in [0.3, 0.4) is 0 Å². The summed E-state index contributed by atoms with van der Waals surface area (Å²) in [6.07, 6.45) is -8.18. The number of esters is 1. The Morgan fingerprint density at radius 2 is 2.05 bits per heavy atom. The Labute approximate surface area is 110 Å². The molecular formula is C11H11F5N2O2. The highest BCUT2D eigenvalue weighted by atomic mass is 19.4. The van der Waals surface area contributed by atoms with E-state index in [9.17, 15) is 26.7 Å². The second-order valence-corrected chi connectivity index (χ2v) is 3.64. The third kappa shape index (κ3) is 3.41. The molecule has 0 aliphatic carbocycles. The molecule has 20 heavy (non-hydrogen) atoms. The number of carbonyl (C=O) groups excluding carboxylic acids is 1. The molecule has 0 aliphatic rings. The molecule has 1 aromatic rings. The molecule has 0 atom stereocenters. The normalized spacial score (nSPS) is 11.8. The van der Waals surface area contributed by atoms with Crippen LogP contribution < -0.4 is 5.73 Å². The first-order valence-corrected chi connectivity index (χ1v) is 5.48. The highest BCUT2D eigenvalue weighted by Crippen LogP contribution is 2.35. The summed E-state index contributed by atoms with van der Waals surface area (Å²) in [4.78, 5) is 14.8. The average molecular weight is 298 g/mol. The molecule has 0 amide bonds. The van der Waals surface area contributed by atoms with Gasteiger partial charge in [0.2, 0.25) is 0 Å². The number of rotatable bonds is 4. The van der Waals surface area contributed by atoms with Gasteiger partial charge in [-0.1, -0.05) is 0 Å². The molecule has 1 aromatic heterocycles. The van der Waals surface area contributed by atoms with Gasteiger partial charge in [0.05, 0.1) is 12.2 Å². The summed E-state index contributed by atoms with van der Waals surface area (Å²) in [7, 11) is 0. The predicted molar refractivity (Wildman–Crippen MR) is 58.0 cm³/mol. The van der Waals surface area contributed by atoms with E-state index in [0.29, 0.717) is 0 Å². The van der Waals surface area contributed by atoms with Gasteiger partial charge in [-0.05, 0) is 13.0 Å². The van der Waals surface area contributed by atoms with Gasteiger partial charge in [0.1, 0.15) is 5.69 Å². The van der Waals surface area contributed by atoms with Crippen molar-refractivity contribution in [3.8, 4) is 0 Å². The predicted octanol–water partition coefficient (Wildman–Crippen LogP) is 2.67. The lowest BCUT2D eigenvalue weighted by atomic mass is 10.0. The van der Waals surface area contributed by atoms with Gasteiger partial charge in [-0.25, -0.2) is 18.6 Å². The first-order valence-electron chi connectivity index (χ1n) is 5.48. The van der Waals surface area contributed by atoms with Gasteiger partial charge in [-0.2, -0.15) is 13.2 Å². The zero-order chi connectivity index (χ0) is 15.5. The Bertz CT molecular complexity index is 502. The molecule has 0 aliphatic heterocycles. The van der Waals surface area contributed by atoms with Gasteiger partial charge in [0, 0.05) is 12.1 Å². The number of pyridine rings is 1. The first-order chi connectivity index (χ1) is 9.22. The van der Waals surface area contributed by atoms with Crippen LogP contribution in [0.4, 0.5) is 22.0 Å². The minimum absolute atomic E-state index is 0.134. The second-order valence-electron chi connectivity index (χ2n) is 3.64. The van der Waals surface area contributed by atoms with Crippen LogP contribution >= 0.6 is 0 Å². The van der Waals surface area contributed by atoms with E-state index >= 15 is 0 Å². The third-order valence-electron chi connectivity index (χ3n) is 2.35. The van der Waals surface area contributed by atoms with Crippen molar-refractivity contribution < 1.29 is 31.5 Å². The summed E-state index contributed by atoms with van der Waals surface area (Å²) < 4.78 is 68.2. The number of carbonyl (C=O) groups is 1. The van der Waals surface area contributed by atoms with Crippen molar-refractivity contribution in [2.24, 2.45) is 5.73 Å². The number of nitrogens with two attached hydrogens (primary N) is 1. The first kappa shape index (κ1) is 16.3. The molecule has 4 nitrogen and oxygen atoms in total.